The van der Waals surface area contributed by atoms with Gasteiger partial charge in [0, 0.05) is 52.4 Å². The average Bonchev–Trinajstić information content (AvgIpc) is 2.62. The number of hydrogen-bond donors (Lipinski definition) is 3. The standard InChI is InChI=1S/C15H27N3O6/c1-13(24-23)12-18-10-8-16(4-2-14(19)20)6-7-17(9-11-18)5-3-15(21)22/h23H,1-12H2,(H,19,20)(H,21,22). The quantitative estimate of drug-likeness (QED) is 0.298. The number of hydrogen-bond acceptors (Lipinski definition) is 7. The second kappa shape index (κ2) is 11.0. The van der Waals surface area contributed by atoms with Crippen molar-refractivity contribution in [2.45, 2.75) is 12.8 Å². The van der Waals surface area contributed by atoms with E-state index in [4.69, 9.17) is 15.5 Å². The van der Waals surface area contributed by atoms with Crippen molar-refractivity contribution in [1.82, 2.24) is 14.7 Å². The zero-order valence-corrected chi connectivity index (χ0v) is 13.9. The van der Waals surface area contributed by atoms with Gasteiger partial charge >= 0.3 is 11.9 Å². The highest BCUT2D eigenvalue weighted by Gasteiger charge is 2.18. The molecule has 0 aromatic heterocycles. The molecule has 1 heterocycles. The molecule has 0 unspecified atom stereocenters. The van der Waals surface area contributed by atoms with Crippen molar-refractivity contribution in [3.05, 3.63) is 12.3 Å². The van der Waals surface area contributed by atoms with Gasteiger partial charge in [-0.15, -0.1) is 0 Å². The van der Waals surface area contributed by atoms with Crippen molar-refractivity contribution in [2.24, 2.45) is 0 Å². The molecule has 0 spiro atoms. The van der Waals surface area contributed by atoms with Crippen molar-refractivity contribution < 1.29 is 29.9 Å². The minimum absolute atomic E-state index is 0.0710. The number of carbonyl (C=O) groups is 2. The zero-order valence-electron chi connectivity index (χ0n) is 13.9. The van der Waals surface area contributed by atoms with Crippen LogP contribution in [-0.2, 0) is 14.5 Å². The van der Waals surface area contributed by atoms with Gasteiger partial charge in [-0.25, -0.2) is 5.26 Å². The molecule has 0 saturated carbocycles. The van der Waals surface area contributed by atoms with Gasteiger partial charge in [0.25, 0.3) is 0 Å². The lowest BCUT2D eigenvalue weighted by Crippen LogP contribution is -2.37. The molecule has 0 bridgehead atoms. The number of carboxylic acid groups (broad SMARTS) is 2. The molecule has 0 aromatic carbocycles. The van der Waals surface area contributed by atoms with Crippen LogP contribution in [0.3, 0.4) is 0 Å². The van der Waals surface area contributed by atoms with Gasteiger partial charge in [0.1, 0.15) is 5.76 Å². The van der Waals surface area contributed by atoms with E-state index in [2.05, 4.69) is 21.3 Å². The van der Waals surface area contributed by atoms with E-state index < -0.39 is 11.9 Å². The predicted molar refractivity (Wildman–Crippen MR) is 86.7 cm³/mol. The summed E-state index contributed by atoms with van der Waals surface area (Å²) >= 11 is 0. The molecule has 24 heavy (non-hydrogen) atoms. The lowest BCUT2D eigenvalue weighted by atomic mass is 10.3. The molecule has 1 aliphatic heterocycles. The summed E-state index contributed by atoms with van der Waals surface area (Å²) in [5.41, 5.74) is 0. The molecule has 1 rings (SSSR count). The van der Waals surface area contributed by atoms with Crippen LogP contribution in [-0.4, -0.2) is 101 Å². The van der Waals surface area contributed by atoms with Gasteiger partial charge in [0.05, 0.1) is 19.4 Å². The van der Waals surface area contributed by atoms with Crippen LogP contribution in [0.4, 0.5) is 0 Å². The Bertz CT molecular complexity index is 401. The molecular formula is C15H27N3O6. The van der Waals surface area contributed by atoms with E-state index in [1.165, 1.54) is 0 Å². The van der Waals surface area contributed by atoms with Gasteiger partial charge < -0.3 is 24.9 Å². The molecule has 0 radical (unpaired) electrons. The fraction of sp³-hybridized carbons (Fsp3) is 0.733. The number of nitrogens with zero attached hydrogens (tertiary/aromatic N) is 3. The normalized spacial score (nSPS) is 18.4. The SMILES string of the molecule is C=C(CN1CCN(CCC(=O)O)CCN(CCC(=O)O)CC1)OO. The Morgan fingerprint density at radius 1 is 0.833 bits per heavy atom. The average molecular weight is 345 g/mol. The van der Waals surface area contributed by atoms with Gasteiger partial charge in [0.2, 0.25) is 0 Å². The molecule has 9 heteroatoms. The second-order valence-electron chi connectivity index (χ2n) is 5.88. The van der Waals surface area contributed by atoms with Crippen LogP contribution in [0.5, 0.6) is 0 Å². The molecule has 1 fully saturated rings. The first-order valence-corrected chi connectivity index (χ1v) is 8.00. The van der Waals surface area contributed by atoms with Crippen molar-refractivity contribution in [2.75, 3.05) is 58.9 Å². The first kappa shape index (κ1) is 20.4. The molecule has 3 N–H and O–H groups in total. The van der Waals surface area contributed by atoms with E-state index in [1.54, 1.807) is 0 Å². The number of rotatable bonds is 9. The summed E-state index contributed by atoms with van der Waals surface area (Å²) in [6.07, 6.45) is 0.142. The maximum atomic E-state index is 10.8. The van der Waals surface area contributed by atoms with Crippen molar-refractivity contribution in [3.8, 4) is 0 Å². The van der Waals surface area contributed by atoms with Crippen molar-refractivity contribution in [1.29, 1.82) is 0 Å². The Balaban J connectivity index is 2.65. The van der Waals surface area contributed by atoms with E-state index >= 15 is 0 Å². The minimum Gasteiger partial charge on any atom is -0.481 e. The zero-order chi connectivity index (χ0) is 17.9. The Morgan fingerprint density at radius 2 is 1.21 bits per heavy atom. The molecule has 0 amide bonds. The van der Waals surface area contributed by atoms with E-state index in [0.717, 1.165) is 0 Å². The molecular weight excluding hydrogens is 318 g/mol. The third kappa shape index (κ3) is 8.82. The van der Waals surface area contributed by atoms with Crippen LogP contribution >= 0.6 is 0 Å². The Hall–Kier alpha value is -1.68. The lowest BCUT2D eigenvalue weighted by Gasteiger charge is -2.25. The maximum Gasteiger partial charge on any atom is 0.304 e. The molecule has 9 nitrogen and oxygen atoms in total. The van der Waals surface area contributed by atoms with Crippen LogP contribution in [0, 0.1) is 0 Å². The molecule has 0 atom stereocenters. The summed E-state index contributed by atoms with van der Waals surface area (Å²) in [5, 5.41) is 26.4. The highest BCUT2D eigenvalue weighted by molar-refractivity contribution is 5.67. The van der Waals surface area contributed by atoms with Crippen LogP contribution in [0.2, 0.25) is 0 Å². The first-order valence-electron chi connectivity index (χ1n) is 8.00. The summed E-state index contributed by atoms with van der Waals surface area (Å²) in [6, 6.07) is 0. The fourth-order valence-electron chi connectivity index (χ4n) is 2.58. The van der Waals surface area contributed by atoms with Crippen LogP contribution in [0.15, 0.2) is 12.3 Å². The summed E-state index contributed by atoms with van der Waals surface area (Å²) in [6.45, 7) is 9.03. The predicted octanol–water partition coefficient (Wildman–Crippen LogP) is -0.141. The smallest absolute Gasteiger partial charge is 0.304 e. The molecule has 1 aliphatic rings. The van der Waals surface area contributed by atoms with Gasteiger partial charge in [-0.3, -0.25) is 14.5 Å². The van der Waals surface area contributed by atoms with Crippen LogP contribution in [0.1, 0.15) is 12.8 Å². The van der Waals surface area contributed by atoms with E-state index in [-0.39, 0.29) is 18.6 Å². The molecule has 0 aromatic rings. The van der Waals surface area contributed by atoms with Gasteiger partial charge in [-0.2, -0.15) is 0 Å². The topological polar surface area (TPSA) is 114 Å². The Morgan fingerprint density at radius 3 is 1.54 bits per heavy atom. The third-order valence-electron chi connectivity index (χ3n) is 4.01. The Kier molecular flexibility index (Phi) is 9.31. The van der Waals surface area contributed by atoms with E-state index in [0.29, 0.717) is 58.9 Å². The number of carboxylic acids is 2. The van der Waals surface area contributed by atoms with Gasteiger partial charge in [-0.1, -0.05) is 6.58 Å². The Labute approximate surface area is 141 Å². The third-order valence-corrected chi connectivity index (χ3v) is 4.01. The summed E-state index contributed by atoms with van der Waals surface area (Å²) in [4.78, 5) is 31.9. The molecule has 138 valence electrons. The minimum atomic E-state index is -0.837. The van der Waals surface area contributed by atoms with Gasteiger partial charge in [0.15, 0.2) is 0 Å². The van der Waals surface area contributed by atoms with Crippen molar-refractivity contribution in [3.63, 3.8) is 0 Å². The van der Waals surface area contributed by atoms with Crippen LogP contribution in [0.25, 0.3) is 0 Å². The highest BCUT2D eigenvalue weighted by Crippen LogP contribution is 2.05. The molecule has 0 aliphatic carbocycles. The van der Waals surface area contributed by atoms with E-state index in [1.807, 2.05) is 4.90 Å². The van der Waals surface area contributed by atoms with E-state index in [9.17, 15) is 9.59 Å². The van der Waals surface area contributed by atoms with Crippen LogP contribution < -0.4 is 0 Å². The summed E-state index contributed by atoms with van der Waals surface area (Å²) in [7, 11) is 0. The largest absolute Gasteiger partial charge is 0.481 e. The summed E-state index contributed by atoms with van der Waals surface area (Å²) in [5.74, 6) is -1.43. The fourth-order valence-corrected chi connectivity index (χ4v) is 2.58. The number of aliphatic carboxylic acids is 2. The lowest BCUT2D eigenvalue weighted by molar-refractivity contribution is -0.206. The monoisotopic (exact) mass is 345 g/mol. The second-order valence-corrected chi connectivity index (χ2v) is 5.88. The maximum absolute atomic E-state index is 10.8. The summed E-state index contributed by atoms with van der Waals surface area (Å²) < 4.78 is 0. The first-order chi connectivity index (χ1) is 11.4. The van der Waals surface area contributed by atoms with Gasteiger partial charge in [-0.05, 0) is 0 Å². The highest BCUT2D eigenvalue weighted by atomic mass is 17.1. The molecule has 1 saturated heterocycles. The van der Waals surface area contributed by atoms with Crippen molar-refractivity contribution >= 4 is 11.9 Å².